The number of amides is 1. The molecule has 0 saturated heterocycles. The van der Waals surface area contributed by atoms with Crippen LogP contribution in [0.25, 0.3) is 0 Å². The summed E-state index contributed by atoms with van der Waals surface area (Å²) in [6.07, 6.45) is 1.85. The number of hydrogen-bond acceptors (Lipinski definition) is 4. The molecule has 0 aliphatic carbocycles. The first-order chi connectivity index (χ1) is 11.0. The van der Waals surface area contributed by atoms with Gasteiger partial charge in [-0.05, 0) is 43.2 Å². The van der Waals surface area contributed by atoms with E-state index in [0.29, 0.717) is 0 Å². The lowest BCUT2D eigenvalue weighted by Crippen LogP contribution is -2.21. The third-order valence-corrected chi connectivity index (χ3v) is 3.80. The Morgan fingerprint density at radius 3 is 2.61 bits per heavy atom. The highest BCUT2D eigenvalue weighted by Gasteiger charge is 2.24. The summed E-state index contributed by atoms with van der Waals surface area (Å²) in [5.74, 6) is -1.12. The molecule has 1 amide bonds. The minimum Gasteiger partial charge on any atom is -0.476 e. The van der Waals surface area contributed by atoms with Gasteiger partial charge in [-0.2, -0.15) is 5.10 Å². The number of carboxylic acids is 1. The highest BCUT2D eigenvalue weighted by molar-refractivity contribution is 5.88. The van der Waals surface area contributed by atoms with Crippen LogP contribution in [-0.4, -0.2) is 26.8 Å². The first-order valence-corrected chi connectivity index (χ1v) is 7.48. The highest BCUT2D eigenvalue weighted by atomic mass is 16.4. The molecule has 7 nitrogen and oxygen atoms in total. The number of nitrogens with zero attached hydrogens (tertiary/aromatic N) is 2. The number of nitrogens with one attached hydrogen (secondary N) is 2. The van der Waals surface area contributed by atoms with Gasteiger partial charge in [-0.25, -0.2) is 4.79 Å². The summed E-state index contributed by atoms with van der Waals surface area (Å²) < 4.78 is 1.76. The molecular weight excluding hydrogens is 296 g/mol. The Labute approximate surface area is 133 Å². The van der Waals surface area contributed by atoms with Crippen LogP contribution < -0.4 is 10.6 Å². The lowest BCUT2D eigenvalue weighted by Gasteiger charge is -2.25. The zero-order chi connectivity index (χ0) is 16.4. The van der Waals surface area contributed by atoms with E-state index in [-0.39, 0.29) is 17.6 Å². The van der Waals surface area contributed by atoms with Crippen molar-refractivity contribution in [1.82, 2.24) is 9.78 Å². The fraction of sp³-hybridized carbons (Fsp3) is 0.312. The van der Waals surface area contributed by atoms with E-state index in [1.54, 1.807) is 10.7 Å². The second kappa shape index (κ2) is 6.12. The predicted molar refractivity (Wildman–Crippen MR) is 85.5 cm³/mol. The van der Waals surface area contributed by atoms with Crippen molar-refractivity contribution in [3.63, 3.8) is 0 Å². The van der Waals surface area contributed by atoms with Crippen molar-refractivity contribution in [2.75, 3.05) is 10.6 Å². The number of rotatable bonds is 4. The number of carbonyl (C=O) groups is 2. The van der Waals surface area contributed by atoms with E-state index in [1.807, 2.05) is 24.3 Å². The van der Waals surface area contributed by atoms with Crippen molar-refractivity contribution in [3.8, 4) is 0 Å². The Kier molecular flexibility index (Phi) is 4.01. The lowest BCUT2D eigenvalue weighted by atomic mass is 10.0. The van der Waals surface area contributed by atoms with E-state index >= 15 is 0 Å². The minimum absolute atomic E-state index is 0.0240. The standard InChI is InChI=1S/C16H18N4O3/c1-10(21)17-11-4-6-12(7-5-11)18-13-3-2-8-20-15(13)9-14(19-20)16(22)23/h4-7,9,13,18H,2-3,8H2,1H3,(H,17,21)(H,22,23)/t13-/m0/s1. The van der Waals surface area contributed by atoms with Gasteiger partial charge >= 0.3 is 5.97 Å². The van der Waals surface area contributed by atoms with Gasteiger partial charge in [-0.3, -0.25) is 9.48 Å². The Morgan fingerprint density at radius 2 is 1.96 bits per heavy atom. The van der Waals surface area contributed by atoms with E-state index in [1.165, 1.54) is 6.92 Å². The van der Waals surface area contributed by atoms with E-state index in [4.69, 9.17) is 5.11 Å². The number of carboxylic acid groups (broad SMARTS) is 1. The predicted octanol–water partition coefficient (Wildman–Crippen LogP) is 2.49. The van der Waals surface area contributed by atoms with Crippen molar-refractivity contribution in [3.05, 3.63) is 41.7 Å². The van der Waals surface area contributed by atoms with E-state index < -0.39 is 5.97 Å². The Hall–Kier alpha value is -2.83. The van der Waals surface area contributed by atoms with Crippen LogP contribution in [0.15, 0.2) is 30.3 Å². The SMILES string of the molecule is CC(=O)Nc1ccc(N[C@H]2CCCn3nc(C(=O)O)cc32)cc1. The summed E-state index contributed by atoms with van der Waals surface area (Å²) >= 11 is 0. The summed E-state index contributed by atoms with van der Waals surface area (Å²) in [7, 11) is 0. The van der Waals surface area contributed by atoms with Crippen molar-refractivity contribution in [2.45, 2.75) is 32.4 Å². The molecule has 120 valence electrons. The van der Waals surface area contributed by atoms with Gasteiger partial charge in [0.1, 0.15) is 0 Å². The van der Waals surface area contributed by atoms with Crippen LogP contribution in [0.3, 0.4) is 0 Å². The zero-order valence-corrected chi connectivity index (χ0v) is 12.7. The van der Waals surface area contributed by atoms with Gasteiger partial charge in [0.15, 0.2) is 5.69 Å². The van der Waals surface area contributed by atoms with Gasteiger partial charge in [-0.1, -0.05) is 0 Å². The number of anilines is 2. The molecule has 0 fully saturated rings. The number of hydrogen-bond donors (Lipinski definition) is 3. The Bertz CT molecular complexity index is 736. The molecule has 2 heterocycles. The molecule has 0 unspecified atom stereocenters. The van der Waals surface area contributed by atoms with Crippen molar-refractivity contribution in [1.29, 1.82) is 0 Å². The maximum Gasteiger partial charge on any atom is 0.356 e. The normalized spacial score (nSPS) is 16.5. The molecule has 23 heavy (non-hydrogen) atoms. The molecule has 3 N–H and O–H groups in total. The minimum atomic E-state index is -1.01. The maximum atomic E-state index is 11.1. The molecule has 1 aliphatic heterocycles. The molecular formula is C16H18N4O3. The Morgan fingerprint density at radius 1 is 1.26 bits per heavy atom. The number of aromatic nitrogens is 2. The van der Waals surface area contributed by atoms with Gasteiger partial charge in [0.05, 0.1) is 11.7 Å². The molecule has 3 rings (SSSR count). The number of aryl methyl sites for hydroxylation is 1. The average Bonchev–Trinajstić information content (AvgIpc) is 2.94. The fourth-order valence-corrected chi connectivity index (χ4v) is 2.79. The van der Waals surface area contributed by atoms with Gasteiger partial charge in [0.2, 0.25) is 5.91 Å². The van der Waals surface area contributed by atoms with Crippen molar-refractivity contribution >= 4 is 23.3 Å². The zero-order valence-electron chi connectivity index (χ0n) is 12.7. The molecule has 0 radical (unpaired) electrons. The van der Waals surface area contributed by atoms with Crippen LogP contribution >= 0.6 is 0 Å². The first kappa shape index (κ1) is 15.1. The van der Waals surface area contributed by atoms with Crippen LogP contribution in [0.1, 0.15) is 42.0 Å². The summed E-state index contributed by atoms with van der Waals surface area (Å²) in [5.41, 5.74) is 2.62. The third-order valence-electron chi connectivity index (χ3n) is 3.80. The van der Waals surface area contributed by atoms with Crippen molar-refractivity contribution < 1.29 is 14.7 Å². The van der Waals surface area contributed by atoms with Crippen LogP contribution in [0, 0.1) is 0 Å². The fourth-order valence-electron chi connectivity index (χ4n) is 2.79. The topological polar surface area (TPSA) is 96.3 Å². The lowest BCUT2D eigenvalue weighted by molar-refractivity contribution is -0.114. The van der Waals surface area contributed by atoms with Crippen LogP contribution in [0.2, 0.25) is 0 Å². The van der Waals surface area contributed by atoms with E-state index in [2.05, 4.69) is 15.7 Å². The monoisotopic (exact) mass is 314 g/mol. The number of aromatic carboxylic acids is 1. The molecule has 0 bridgehead atoms. The van der Waals surface area contributed by atoms with Gasteiger partial charge in [0.25, 0.3) is 0 Å². The number of carbonyl (C=O) groups excluding carboxylic acids is 1. The second-order valence-corrected chi connectivity index (χ2v) is 5.58. The van der Waals surface area contributed by atoms with Gasteiger partial charge < -0.3 is 15.7 Å². The van der Waals surface area contributed by atoms with Crippen molar-refractivity contribution in [2.24, 2.45) is 0 Å². The summed E-state index contributed by atoms with van der Waals surface area (Å²) in [4.78, 5) is 22.1. The summed E-state index contributed by atoms with van der Waals surface area (Å²) in [5, 5.41) is 19.3. The van der Waals surface area contributed by atoms with Gasteiger partial charge in [0, 0.05) is 24.8 Å². The number of fused-ring (bicyclic) bond motifs is 1. The highest BCUT2D eigenvalue weighted by Crippen LogP contribution is 2.29. The molecule has 0 saturated carbocycles. The quantitative estimate of drug-likeness (QED) is 0.805. The molecule has 0 spiro atoms. The molecule has 1 atom stereocenters. The third kappa shape index (κ3) is 3.33. The molecule has 1 aromatic heterocycles. The molecule has 1 aliphatic rings. The summed E-state index contributed by atoms with van der Waals surface area (Å²) in [6.45, 7) is 2.21. The van der Waals surface area contributed by atoms with E-state index in [0.717, 1.165) is 36.5 Å². The first-order valence-electron chi connectivity index (χ1n) is 7.48. The summed E-state index contributed by atoms with van der Waals surface area (Å²) in [6, 6.07) is 9.08. The van der Waals surface area contributed by atoms with Crippen LogP contribution in [0.4, 0.5) is 11.4 Å². The van der Waals surface area contributed by atoms with Crippen LogP contribution in [-0.2, 0) is 11.3 Å². The second-order valence-electron chi connectivity index (χ2n) is 5.58. The molecule has 1 aromatic carbocycles. The average molecular weight is 314 g/mol. The Balaban J connectivity index is 1.76. The van der Waals surface area contributed by atoms with Gasteiger partial charge in [-0.15, -0.1) is 0 Å². The number of benzene rings is 1. The van der Waals surface area contributed by atoms with E-state index in [9.17, 15) is 9.59 Å². The largest absolute Gasteiger partial charge is 0.476 e. The maximum absolute atomic E-state index is 11.1. The van der Waals surface area contributed by atoms with Crippen LogP contribution in [0.5, 0.6) is 0 Å². The molecule has 7 heteroatoms. The smallest absolute Gasteiger partial charge is 0.356 e. The molecule has 2 aromatic rings.